The van der Waals surface area contributed by atoms with Gasteiger partial charge >= 0.3 is 0 Å². The second kappa shape index (κ2) is 8.87. The Morgan fingerprint density at radius 1 is 1.17 bits per heavy atom. The third kappa shape index (κ3) is 5.19. The minimum atomic E-state index is -2.93. The number of piperidine rings is 1. The van der Waals surface area contributed by atoms with Crippen LogP contribution in [0.25, 0.3) is 0 Å². The highest BCUT2D eigenvalue weighted by Crippen LogP contribution is 2.37. The summed E-state index contributed by atoms with van der Waals surface area (Å²) in [6.07, 6.45) is 4.33. The maximum absolute atomic E-state index is 13.2. The number of amides is 1. The Bertz CT molecular complexity index is 940. The van der Waals surface area contributed by atoms with Crippen LogP contribution in [0.1, 0.15) is 42.4 Å². The van der Waals surface area contributed by atoms with Gasteiger partial charge in [0, 0.05) is 19.5 Å². The van der Waals surface area contributed by atoms with Crippen LogP contribution < -0.4 is 0 Å². The fraction of sp³-hybridized carbons (Fsp3) is 0.550. The molecule has 1 aromatic carbocycles. The van der Waals surface area contributed by atoms with E-state index in [4.69, 9.17) is 4.42 Å². The molecule has 1 aromatic heterocycles. The Labute approximate surface area is 175 Å². The third-order valence-electron chi connectivity index (χ3n) is 5.45. The zero-order valence-electron chi connectivity index (χ0n) is 16.2. The monoisotopic (exact) mass is 435 g/mol. The molecule has 2 fully saturated rings. The highest BCUT2D eigenvalue weighted by Gasteiger charge is 2.31. The molecule has 156 valence electrons. The number of thioether (sulfide) groups is 1. The summed E-state index contributed by atoms with van der Waals surface area (Å²) >= 11 is 1.27. The van der Waals surface area contributed by atoms with Crippen molar-refractivity contribution in [2.45, 2.75) is 42.6 Å². The van der Waals surface area contributed by atoms with Gasteiger partial charge in [-0.1, -0.05) is 30.3 Å². The van der Waals surface area contributed by atoms with Gasteiger partial charge in [0.25, 0.3) is 5.22 Å². The molecule has 2 aliphatic heterocycles. The van der Waals surface area contributed by atoms with Crippen molar-refractivity contribution in [1.29, 1.82) is 0 Å². The first kappa shape index (κ1) is 20.4. The van der Waals surface area contributed by atoms with E-state index in [1.165, 1.54) is 11.8 Å². The molecule has 29 heavy (non-hydrogen) atoms. The molecule has 9 heteroatoms. The quantitative estimate of drug-likeness (QED) is 0.644. The van der Waals surface area contributed by atoms with Gasteiger partial charge in [0.2, 0.25) is 11.8 Å². The fourth-order valence-electron chi connectivity index (χ4n) is 3.92. The van der Waals surface area contributed by atoms with Gasteiger partial charge < -0.3 is 9.32 Å². The Kier molecular flexibility index (Phi) is 6.24. The predicted molar refractivity (Wildman–Crippen MR) is 110 cm³/mol. The van der Waals surface area contributed by atoms with Crippen LogP contribution >= 0.6 is 11.8 Å². The minimum Gasteiger partial charge on any atom is -0.416 e. The fourth-order valence-corrected chi connectivity index (χ4v) is 6.76. The van der Waals surface area contributed by atoms with E-state index in [1.807, 2.05) is 35.2 Å². The lowest BCUT2D eigenvalue weighted by Gasteiger charge is -2.29. The number of hydrogen-bond donors (Lipinski definition) is 0. The molecule has 2 aliphatic rings. The molecule has 2 atom stereocenters. The molecule has 0 N–H and O–H groups in total. The van der Waals surface area contributed by atoms with Gasteiger partial charge in [-0.3, -0.25) is 4.79 Å². The summed E-state index contributed by atoms with van der Waals surface area (Å²) < 4.78 is 29.1. The number of sulfone groups is 1. The van der Waals surface area contributed by atoms with Crippen molar-refractivity contribution in [2.24, 2.45) is 5.92 Å². The van der Waals surface area contributed by atoms with Crippen LogP contribution in [0.2, 0.25) is 0 Å². The van der Waals surface area contributed by atoms with Crippen molar-refractivity contribution in [1.82, 2.24) is 15.1 Å². The Hall–Kier alpha value is -1.87. The number of carbonyl (C=O) groups excluding carboxylic acids is 1. The second-order valence-corrected chi connectivity index (χ2v) is 11.0. The molecule has 0 spiro atoms. The van der Waals surface area contributed by atoms with E-state index < -0.39 is 15.1 Å². The molecule has 0 saturated carbocycles. The zero-order chi connectivity index (χ0) is 20.3. The lowest BCUT2D eigenvalue weighted by atomic mass is 10.1. The second-order valence-electron chi connectivity index (χ2n) is 7.73. The van der Waals surface area contributed by atoms with Crippen molar-refractivity contribution < 1.29 is 17.6 Å². The molecule has 4 rings (SSSR count). The average Bonchev–Trinajstić information content (AvgIpc) is 3.32. The molecule has 7 nitrogen and oxygen atoms in total. The highest BCUT2D eigenvalue weighted by atomic mass is 32.2. The van der Waals surface area contributed by atoms with Gasteiger partial charge in [0.1, 0.15) is 5.25 Å². The normalized spacial score (nSPS) is 22.5. The zero-order valence-corrected chi connectivity index (χ0v) is 17.8. The van der Waals surface area contributed by atoms with Gasteiger partial charge in [0.15, 0.2) is 9.84 Å². The Balaban J connectivity index is 1.48. The molecule has 0 bridgehead atoms. The number of benzene rings is 1. The summed E-state index contributed by atoms with van der Waals surface area (Å²) in [6, 6.07) is 9.66. The van der Waals surface area contributed by atoms with Gasteiger partial charge in [-0.25, -0.2) is 8.42 Å². The lowest BCUT2D eigenvalue weighted by molar-refractivity contribution is -0.131. The maximum atomic E-state index is 13.2. The summed E-state index contributed by atoms with van der Waals surface area (Å²) in [5.41, 5.74) is 0.912. The predicted octanol–water partition coefficient (Wildman–Crippen LogP) is 2.89. The van der Waals surface area contributed by atoms with E-state index in [0.717, 1.165) is 37.9 Å². The van der Waals surface area contributed by atoms with Gasteiger partial charge in [-0.05, 0) is 48.9 Å². The number of nitrogens with zero attached hydrogens (tertiary/aromatic N) is 3. The molecule has 2 saturated heterocycles. The van der Waals surface area contributed by atoms with Crippen molar-refractivity contribution in [2.75, 3.05) is 24.6 Å². The van der Waals surface area contributed by atoms with E-state index in [2.05, 4.69) is 10.2 Å². The molecule has 2 aromatic rings. The number of carbonyl (C=O) groups is 1. The number of rotatable bonds is 6. The largest absolute Gasteiger partial charge is 0.416 e. The lowest BCUT2D eigenvalue weighted by Crippen LogP contribution is -2.38. The summed E-state index contributed by atoms with van der Waals surface area (Å²) in [5.74, 6) is 0.943. The van der Waals surface area contributed by atoms with Gasteiger partial charge in [-0.2, -0.15) is 0 Å². The van der Waals surface area contributed by atoms with Crippen LogP contribution in [0.5, 0.6) is 0 Å². The molecule has 0 aliphatic carbocycles. The van der Waals surface area contributed by atoms with Gasteiger partial charge in [-0.15, -0.1) is 10.2 Å². The minimum absolute atomic E-state index is 0.0261. The van der Waals surface area contributed by atoms with E-state index in [0.29, 0.717) is 24.0 Å². The van der Waals surface area contributed by atoms with E-state index in [1.54, 1.807) is 0 Å². The van der Waals surface area contributed by atoms with Crippen LogP contribution in [-0.4, -0.2) is 54.0 Å². The number of aromatic nitrogens is 2. The van der Waals surface area contributed by atoms with E-state index in [9.17, 15) is 13.2 Å². The highest BCUT2D eigenvalue weighted by molar-refractivity contribution is 8.00. The number of hydrogen-bond acceptors (Lipinski definition) is 7. The molecule has 3 heterocycles. The van der Waals surface area contributed by atoms with Gasteiger partial charge in [0.05, 0.1) is 11.5 Å². The van der Waals surface area contributed by atoms with Crippen LogP contribution in [0, 0.1) is 5.92 Å². The Morgan fingerprint density at radius 2 is 1.93 bits per heavy atom. The summed E-state index contributed by atoms with van der Waals surface area (Å²) in [6.45, 7) is 1.57. The van der Waals surface area contributed by atoms with Crippen molar-refractivity contribution in [3.63, 3.8) is 0 Å². The van der Waals surface area contributed by atoms with Crippen molar-refractivity contribution in [3.05, 3.63) is 41.8 Å². The smallest absolute Gasteiger partial charge is 0.277 e. The summed E-state index contributed by atoms with van der Waals surface area (Å²) in [4.78, 5) is 15.1. The Morgan fingerprint density at radius 3 is 2.62 bits per heavy atom. The maximum Gasteiger partial charge on any atom is 0.277 e. The first-order valence-corrected chi connectivity index (χ1v) is 12.7. The van der Waals surface area contributed by atoms with E-state index in [-0.39, 0.29) is 23.3 Å². The van der Waals surface area contributed by atoms with Crippen LogP contribution in [0.15, 0.2) is 40.0 Å². The van der Waals surface area contributed by atoms with E-state index >= 15 is 0 Å². The number of likely N-dealkylation sites (tertiary alicyclic amines) is 1. The van der Waals surface area contributed by atoms with Crippen molar-refractivity contribution >= 4 is 27.5 Å². The topological polar surface area (TPSA) is 93.4 Å². The molecule has 2 unspecified atom stereocenters. The average molecular weight is 436 g/mol. The SMILES string of the molecule is O=C(C(Sc1nnc(CC2CCS(=O)(=O)C2)o1)c1ccccc1)N1CCCCC1. The van der Waals surface area contributed by atoms with Crippen molar-refractivity contribution in [3.8, 4) is 0 Å². The van der Waals surface area contributed by atoms with Crippen LogP contribution in [-0.2, 0) is 21.1 Å². The molecular formula is C20H25N3O4S2. The first-order chi connectivity index (χ1) is 14.0. The summed E-state index contributed by atoms with van der Waals surface area (Å²) in [5, 5.41) is 8.11. The molecule has 0 radical (unpaired) electrons. The third-order valence-corrected chi connectivity index (χ3v) is 8.36. The van der Waals surface area contributed by atoms with Crippen LogP contribution in [0.4, 0.5) is 0 Å². The molecular weight excluding hydrogens is 410 g/mol. The standard InChI is InChI=1S/C20H25N3O4S2/c24-19(23-10-5-2-6-11-23)18(16-7-3-1-4-8-16)28-20-22-21-17(27-20)13-15-9-12-29(25,26)14-15/h1,3-4,7-8,15,18H,2,5-6,9-14H2. The first-order valence-electron chi connectivity index (χ1n) is 10.0. The molecule has 1 amide bonds. The van der Waals surface area contributed by atoms with Crippen LogP contribution in [0.3, 0.4) is 0 Å². The summed E-state index contributed by atoms with van der Waals surface area (Å²) in [7, 11) is -2.93.